The van der Waals surface area contributed by atoms with Gasteiger partial charge in [0.25, 0.3) is 0 Å². The van der Waals surface area contributed by atoms with Crippen molar-refractivity contribution in [1.82, 2.24) is 19.7 Å². The average molecular weight is 362 g/mol. The normalized spacial score (nSPS) is 16.5. The first kappa shape index (κ1) is 17.9. The quantitative estimate of drug-likeness (QED) is 0.781. The van der Waals surface area contributed by atoms with Gasteiger partial charge in [0.2, 0.25) is 5.91 Å². The van der Waals surface area contributed by atoms with Crippen molar-refractivity contribution in [2.45, 2.75) is 43.0 Å². The van der Waals surface area contributed by atoms with Gasteiger partial charge in [0.05, 0.1) is 5.25 Å². The Morgan fingerprint density at radius 3 is 2.40 bits per heavy atom. The monoisotopic (exact) mass is 362 g/mol. The van der Waals surface area contributed by atoms with E-state index in [0.717, 1.165) is 31.5 Å². The molecule has 0 N–H and O–H groups in total. The van der Waals surface area contributed by atoms with Crippen LogP contribution in [-0.2, 0) is 11.8 Å². The maximum Gasteiger partial charge on any atom is 0.235 e. The van der Waals surface area contributed by atoms with Crippen LogP contribution in [0.2, 0.25) is 0 Å². The van der Waals surface area contributed by atoms with Gasteiger partial charge in [-0.3, -0.25) is 4.79 Å². The first-order valence-electron chi connectivity index (χ1n) is 8.67. The zero-order chi connectivity index (χ0) is 17.8. The zero-order valence-electron chi connectivity index (χ0n) is 14.6. The summed E-state index contributed by atoms with van der Waals surface area (Å²) in [6.45, 7) is 3.62. The highest BCUT2D eigenvalue weighted by Crippen LogP contribution is 2.27. The Morgan fingerprint density at radius 2 is 1.76 bits per heavy atom. The Labute approximate surface area is 151 Å². The fourth-order valence-corrected chi connectivity index (χ4v) is 3.92. The van der Waals surface area contributed by atoms with Crippen LogP contribution in [0.1, 0.15) is 32.6 Å². The van der Waals surface area contributed by atoms with Crippen LogP contribution in [-0.4, -0.2) is 43.9 Å². The highest BCUT2D eigenvalue weighted by Gasteiger charge is 2.24. The fourth-order valence-electron chi connectivity index (χ4n) is 3.02. The molecule has 1 amide bonds. The lowest BCUT2D eigenvalue weighted by Crippen LogP contribution is -2.37. The number of thioether (sulfide) groups is 1. The van der Waals surface area contributed by atoms with Crippen LogP contribution in [0.4, 0.5) is 4.39 Å². The van der Waals surface area contributed by atoms with E-state index in [-0.39, 0.29) is 17.0 Å². The van der Waals surface area contributed by atoms with Gasteiger partial charge in [-0.2, -0.15) is 0 Å². The molecule has 7 heteroatoms. The lowest BCUT2D eigenvalue weighted by Gasteiger charge is -2.23. The van der Waals surface area contributed by atoms with Crippen LogP contribution in [0, 0.1) is 5.82 Å². The standard InChI is InChI=1S/C18H23FN4OS/c1-13(17(24)23-11-5-3-4-6-12-23)25-18-21-20-16(22(18)2)14-7-9-15(19)10-8-14/h7-10,13H,3-6,11-12H2,1-2H3/t13-/m0/s1. The first-order chi connectivity index (χ1) is 12.1. The maximum atomic E-state index is 13.1. The second kappa shape index (κ2) is 7.99. The van der Waals surface area contributed by atoms with Crippen molar-refractivity contribution in [2.75, 3.05) is 13.1 Å². The van der Waals surface area contributed by atoms with Crippen molar-refractivity contribution >= 4 is 17.7 Å². The van der Waals surface area contributed by atoms with E-state index in [9.17, 15) is 9.18 Å². The van der Waals surface area contributed by atoms with Crippen molar-refractivity contribution in [3.63, 3.8) is 0 Å². The molecule has 3 rings (SSSR count). The second-order valence-electron chi connectivity index (χ2n) is 6.37. The molecule has 1 aliphatic rings. The predicted octanol–water partition coefficient (Wildman–Crippen LogP) is 3.50. The van der Waals surface area contributed by atoms with Crippen molar-refractivity contribution in [1.29, 1.82) is 0 Å². The smallest absolute Gasteiger partial charge is 0.235 e. The molecule has 0 saturated carbocycles. The van der Waals surface area contributed by atoms with E-state index in [1.807, 2.05) is 23.4 Å². The number of amides is 1. The molecular formula is C18H23FN4OS. The average Bonchev–Trinajstić information content (AvgIpc) is 2.82. The minimum absolute atomic E-state index is 0.165. The predicted molar refractivity (Wildman–Crippen MR) is 96.8 cm³/mol. The molecule has 2 aromatic rings. The Hall–Kier alpha value is -1.89. The first-order valence-corrected chi connectivity index (χ1v) is 9.55. The summed E-state index contributed by atoms with van der Waals surface area (Å²) < 4.78 is 14.9. The topological polar surface area (TPSA) is 51.0 Å². The lowest BCUT2D eigenvalue weighted by atomic mass is 10.2. The summed E-state index contributed by atoms with van der Waals surface area (Å²) in [5, 5.41) is 8.90. The highest BCUT2D eigenvalue weighted by atomic mass is 32.2. The molecule has 2 heterocycles. The minimum atomic E-state index is -0.280. The molecule has 134 valence electrons. The number of halogens is 1. The number of aromatic nitrogens is 3. The third kappa shape index (κ3) is 4.21. The van der Waals surface area contributed by atoms with Gasteiger partial charge in [0.15, 0.2) is 11.0 Å². The second-order valence-corrected chi connectivity index (χ2v) is 7.68. The number of hydrogen-bond donors (Lipinski definition) is 0. The van der Waals surface area contributed by atoms with Crippen molar-refractivity contribution < 1.29 is 9.18 Å². The molecule has 1 aromatic carbocycles. The van der Waals surface area contributed by atoms with E-state index in [1.165, 1.54) is 36.7 Å². The molecular weight excluding hydrogens is 339 g/mol. The van der Waals surface area contributed by atoms with Gasteiger partial charge in [0.1, 0.15) is 5.82 Å². The van der Waals surface area contributed by atoms with Crippen LogP contribution >= 0.6 is 11.8 Å². The summed E-state index contributed by atoms with van der Waals surface area (Å²) >= 11 is 1.42. The zero-order valence-corrected chi connectivity index (χ0v) is 15.4. The van der Waals surface area contributed by atoms with Crippen LogP contribution < -0.4 is 0 Å². The summed E-state index contributed by atoms with van der Waals surface area (Å²) in [6, 6.07) is 6.17. The summed E-state index contributed by atoms with van der Waals surface area (Å²) in [4.78, 5) is 14.7. The van der Waals surface area contributed by atoms with Crippen molar-refractivity contribution in [3.05, 3.63) is 30.1 Å². The van der Waals surface area contributed by atoms with Gasteiger partial charge in [-0.25, -0.2) is 4.39 Å². The summed E-state index contributed by atoms with van der Waals surface area (Å²) in [7, 11) is 1.87. The molecule has 1 aliphatic heterocycles. The Kier molecular flexibility index (Phi) is 5.73. The molecule has 0 bridgehead atoms. The summed E-state index contributed by atoms with van der Waals surface area (Å²) in [5.74, 6) is 0.548. The van der Waals surface area contributed by atoms with Crippen molar-refractivity contribution in [3.8, 4) is 11.4 Å². The molecule has 1 saturated heterocycles. The van der Waals surface area contributed by atoms with Gasteiger partial charge in [-0.15, -0.1) is 10.2 Å². The van der Waals surface area contributed by atoms with Gasteiger partial charge in [-0.05, 0) is 44.0 Å². The largest absolute Gasteiger partial charge is 0.342 e. The molecule has 0 aliphatic carbocycles. The number of benzene rings is 1. The van der Waals surface area contributed by atoms with Crippen LogP contribution in [0.5, 0.6) is 0 Å². The number of nitrogens with zero attached hydrogens (tertiary/aromatic N) is 4. The van der Waals surface area contributed by atoms with Gasteiger partial charge in [0, 0.05) is 25.7 Å². The third-order valence-electron chi connectivity index (χ3n) is 4.49. The number of rotatable bonds is 4. The number of hydrogen-bond acceptors (Lipinski definition) is 4. The van der Waals surface area contributed by atoms with E-state index >= 15 is 0 Å². The van der Waals surface area contributed by atoms with Crippen LogP contribution in [0.25, 0.3) is 11.4 Å². The SMILES string of the molecule is C[C@H](Sc1nnc(-c2ccc(F)cc2)n1C)C(=O)N1CCCCCC1. The van der Waals surface area contributed by atoms with Gasteiger partial charge >= 0.3 is 0 Å². The van der Waals surface area contributed by atoms with E-state index in [2.05, 4.69) is 10.2 Å². The van der Waals surface area contributed by atoms with E-state index in [1.54, 1.807) is 12.1 Å². The molecule has 25 heavy (non-hydrogen) atoms. The van der Waals surface area contributed by atoms with E-state index in [4.69, 9.17) is 0 Å². The maximum absolute atomic E-state index is 13.1. The van der Waals surface area contributed by atoms with E-state index < -0.39 is 0 Å². The number of carbonyl (C=O) groups excluding carboxylic acids is 1. The van der Waals surface area contributed by atoms with Gasteiger partial charge in [-0.1, -0.05) is 24.6 Å². The molecule has 5 nitrogen and oxygen atoms in total. The molecule has 1 fully saturated rings. The minimum Gasteiger partial charge on any atom is -0.342 e. The lowest BCUT2D eigenvalue weighted by molar-refractivity contribution is -0.130. The third-order valence-corrected chi connectivity index (χ3v) is 5.61. The summed E-state index contributed by atoms with van der Waals surface area (Å²) in [6.07, 6.45) is 4.58. The Morgan fingerprint density at radius 1 is 1.12 bits per heavy atom. The Balaban J connectivity index is 1.70. The molecule has 0 radical (unpaired) electrons. The fraction of sp³-hybridized carbons (Fsp3) is 0.500. The van der Waals surface area contributed by atoms with Gasteiger partial charge < -0.3 is 9.47 Å². The molecule has 1 atom stereocenters. The number of carbonyl (C=O) groups is 1. The van der Waals surface area contributed by atoms with Crippen molar-refractivity contribution in [2.24, 2.45) is 7.05 Å². The molecule has 0 spiro atoms. The van der Waals surface area contributed by atoms with Crippen LogP contribution in [0.3, 0.4) is 0 Å². The van der Waals surface area contributed by atoms with Crippen LogP contribution in [0.15, 0.2) is 29.4 Å². The van der Waals surface area contributed by atoms with E-state index in [0.29, 0.717) is 11.0 Å². The Bertz CT molecular complexity index is 723. The molecule has 0 unspecified atom stereocenters. The highest BCUT2D eigenvalue weighted by molar-refractivity contribution is 8.00. The molecule has 1 aromatic heterocycles. The summed E-state index contributed by atoms with van der Waals surface area (Å²) in [5.41, 5.74) is 0.801. The number of likely N-dealkylation sites (tertiary alicyclic amines) is 1.